The lowest BCUT2D eigenvalue weighted by Gasteiger charge is -2.31. The smallest absolute Gasteiger partial charge is 0.409 e. The number of ether oxygens (including phenoxy) is 1. The Bertz CT molecular complexity index is 212. The molecule has 1 saturated heterocycles. The summed E-state index contributed by atoms with van der Waals surface area (Å²) >= 11 is 0. The summed E-state index contributed by atoms with van der Waals surface area (Å²) < 4.78 is 4.51. The Morgan fingerprint density at radius 1 is 1.07 bits per heavy atom. The van der Waals surface area contributed by atoms with Crippen molar-refractivity contribution in [2.75, 3.05) is 33.3 Å². The molecule has 15 heavy (non-hydrogen) atoms. The van der Waals surface area contributed by atoms with Gasteiger partial charge in [0.05, 0.1) is 7.11 Å². The number of hydrogen-bond donors (Lipinski definition) is 1. The fourth-order valence-electron chi connectivity index (χ4n) is 1.21. The lowest BCUT2D eigenvalue weighted by molar-refractivity contribution is 0.0844. The van der Waals surface area contributed by atoms with Gasteiger partial charge in [-0.2, -0.15) is 0 Å². The van der Waals surface area contributed by atoms with E-state index in [0.717, 1.165) is 0 Å². The largest absolute Gasteiger partial charge is 0.465 e. The third-order valence-electron chi connectivity index (χ3n) is 1.98. The van der Waals surface area contributed by atoms with E-state index in [1.54, 1.807) is 0 Å². The highest BCUT2D eigenvalue weighted by molar-refractivity contribution is 5.69. The van der Waals surface area contributed by atoms with Crippen molar-refractivity contribution >= 4 is 12.2 Å². The number of carbonyl (C=O) groups excluding carboxylic acids is 1. The van der Waals surface area contributed by atoms with Gasteiger partial charge in [0.1, 0.15) is 0 Å². The normalized spacial score (nSPS) is 15.1. The van der Waals surface area contributed by atoms with Crippen LogP contribution in [-0.4, -0.2) is 60.4 Å². The van der Waals surface area contributed by atoms with E-state index in [2.05, 4.69) is 4.74 Å². The zero-order valence-electron chi connectivity index (χ0n) is 9.39. The highest BCUT2D eigenvalue weighted by Crippen LogP contribution is 2.02. The summed E-state index contributed by atoms with van der Waals surface area (Å²) in [4.78, 5) is 24.2. The summed E-state index contributed by atoms with van der Waals surface area (Å²) in [6, 6.07) is 0. The molecule has 0 spiro atoms. The maximum Gasteiger partial charge on any atom is 0.409 e. The topological polar surface area (TPSA) is 70.1 Å². The molecule has 1 aliphatic heterocycles. The first-order valence-electron chi connectivity index (χ1n) is 4.96. The molecule has 0 radical (unpaired) electrons. The molecule has 1 heterocycles. The van der Waals surface area contributed by atoms with Gasteiger partial charge in [0.2, 0.25) is 0 Å². The monoisotopic (exact) mass is 218 g/mol. The molecule has 0 bridgehead atoms. The minimum absolute atomic E-state index is 0.352. The molecule has 0 aromatic heterocycles. The average molecular weight is 218 g/mol. The van der Waals surface area contributed by atoms with Crippen LogP contribution in [0.5, 0.6) is 0 Å². The van der Waals surface area contributed by atoms with E-state index in [9.17, 15) is 9.59 Å². The quantitative estimate of drug-likeness (QED) is 0.660. The van der Waals surface area contributed by atoms with Crippen LogP contribution in [0, 0.1) is 0 Å². The fraction of sp³-hybridized carbons (Fsp3) is 0.778. The Balaban J connectivity index is 0.000000921. The first kappa shape index (κ1) is 13.5. The van der Waals surface area contributed by atoms with Crippen molar-refractivity contribution in [1.82, 2.24) is 9.80 Å². The molecule has 6 heteroatoms. The van der Waals surface area contributed by atoms with Crippen LogP contribution in [0.4, 0.5) is 9.59 Å². The molecule has 0 atom stereocenters. The summed E-state index contributed by atoms with van der Waals surface area (Å²) in [5, 5.41) is 8.61. The SMILES string of the molecule is CC.COC(=O)N1CCN(C(=O)O)CC1. The molecule has 6 nitrogen and oxygen atoms in total. The zero-order chi connectivity index (χ0) is 11.8. The van der Waals surface area contributed by atoms with Crippen LogP contribution < -0.4 is 0 Å². The van der Waals surface area contributed by atoms with Crippen LogP contribution in [0.3, 0.4) is 0 Å². The van der Waals surface area contributed by atoms with E-state index < -0.39 is 12.2 Å². The van der Waals surface area contributed by atoms with E-state index in [-0.39, 0.29) is 0 Å². The van der Waals surface area contributed by atoms with Gasteiger partial charge in [0, 0.05) is 26.2 Å². The maximum atomic E-state index is 11.0. The summed E-state index contributed by atoms with van der Waals surface area (Å²) in [7, 11) is 1.31. The summed E-state index contributed by atoms with van der Waals surface area (Å²) in [6.07, 6.45) is -1.34. The van der Waals surface area contributed by atoms with Gasteiger partial charge in [-0.05, 0) is 0 Å². The molecule has 1 N–H and O–H groups in total. The van der Waals surface area contributed by atoms with E-state index in [1.807, 2.05) is 13.8 Å². The Morgan fingerprint density at radius 2 is 1.47 bits per heavy atom. The average Bonchev–Trinajstić information content (AvgIpc) is 2.31. The molecule has 0 saturated carbocycles. The molecule has 1 fully saturated rings. The van der Waals surface area contributed by atoms with Gasteiger partial charge in [-0.15, -0.1) is 0 Å². The highest BCUT2D eigenvalue weighted by Gasteiger charge is 2.23. The number of amides is 2. The summed E-state index contributed by atoms with van der Waals surface area (Å²) in [5.74, 6) is 0. The minimum atomic E-state index is -0.940. The first-order valence-corrected chi connectivity index (χ1v) is 4.96. The van der Waals surface area contributed by atoms with Crippen molar-refractivity contribution in [3.05, 3.63) is 0 Å². The van der Waals surface area contributed by atoms with E-state index in [0.29, 0.717) is 26.2 Å². The third kappa shape index (κ3) is 4.05. The molecule has 1 rings (SSSR count). The van der Waals surface area contributed by atoms with E-state index >= 15 is 0 Å². The van der Waals surface area contributed by atoms with Crippen molar-refractivity contribution < 1.29 is 19.4 Å². The van der Waals surface area contributed by atoms with Crippen molar-refractivity contribution in [3.63, 3.8) is 0 Å². The van der Waals surface area contributed by atoms with Gasteiger partial charge in [0.15, 0.2) is 0 Å². The molecule has 0 aliphatic carbocycles. The van der Waals surface area contributed by atoms with Crippen LogP contribution in [-0.2, 0) is 4.74 Å². The zero-order valence-corrected chi connectivity index (χ0v) is 9.39. The van der Waals surface area contributed by atoms with Gasteiger partial charge < -0.3 is 19.6 Å². The van der Waals surface area contributed by atoms with Crippen molar-refractivity contribution in [2.45, 2.75) is 13.8 Å². The second-order valence-corrected chi connectivity index (χ2v) is 2.73. The van der Waals surface area contributed by atoms with Gasteiger partial charge in [-0.3, -0.25) is 0 Å². The Kier molecular flexibility index (Phi) is 6.24. The van der Waals surface area contributed by atoms with Gasteiger partial charge in [-0.1, -0.05) is 13.8 Å². The third-order valence-corrected chi connectivity index (χ3v) is 1.98. The summed E-state index contributed by atoms with van der Waals surface area (Å²) in [6.45, 7) is 5.51. The molecular formula is C9H18N2O4. The molecule has 0 unspecified atom stereocenters. The fourth-order valence-corrected chi connectivity index (χ4v) is 1.21. The number of carbonyl (C=O) groups is 2. The first-order chi connectivity index (χ1) is 7.15. The predicted molar refractivity (Wildman–Crippen MR) is 54.9 cm³/mol. The maximum absolute atomic E-state index is 11.0. The number of piperazine rings is 1. The van der Waals surface area contributed by atoms with Crippen molar-refractivity contribution in [3.8, 4) is 0 Å². The molecule has 0 aromatic rings. The van der Waals surface area contributed by atoms with Gasteiger partial charge >= 0.3 is 12.2 Å². The van der Waals surface area contributed by atoms with E-state index in [4.69, 9.17) is 5.11 Å². The van der Waals surface area contributed by atoms with Crippen LogP contribution >= 0.6 is 0 Å². The van der Waals surface area contributed by atoms with Crippen molar-refractivity contribution in [1.29, 1.82) is 0 Å². The number of hydrogen-bond acceptors (Lipinski definition) is 3. The number of nitrogens with zero attached hydrogens (tertiary/aromatic N) is 2. The summed E-state index contributed by atoms with van der Waals surface area (Å²) in [5.41, 5.74) is 0. The van der Waals surface area contributed by atoms with Crippen LogP contribution in [0.15, 0.2) is 0 Å². The molecule has 2 amide bonds. The number of carboxylic acid groups (broad SMARTS) is 1. The number of methoxy groups -OCH3 is 1. The lowest BCUT2D eigenvalue weighted by atomic mass is 10.3. The predicted octanol–water partition coefficient (Wildman–Crippen LogP) is 1.07. The molecule has 88 valence electrons. The Labute approximate surface area is 89.4 Å². The second kappa shape index (κ2) is 6.92. The van der Waals surface area contributed by atoms with Gasteiger partial charge in [-0.25, -0.2) is 9.59 Å². The Hall–Kier alpha value is -1.46. The van der Waals surface area contributed by atoms with Crippen LogP contribution in [0.25, 0.3) is 0 Å². The Morgan fingerprint density at radius 3 is 1.80 bits per heavy atom. The number of rotatable bonds is 0. The van der Waals surface area contributed by atoms with E-state index in [1.165, 1.54) is 16.9 Å². The van der Waals surface area contributed by atoms with Crippen molar-refractivity contribution in [2.24, 2.45) is 0 Å². The van der Waals surface area contributed by atoms with Gasteiger partial charge in [0.25, 0.3) is 0 Å². The molecular weight excluding hydrogens is 200 g/mol. The lowest BCUT2D eigenvalue weighted by Crippen LogP contribution is -2.50. The standard InChI is InChI=1S/C7H12N2O4.C2H6/c1-13-7(12)9-4-2-8(3-5-9)6(10)11;1-2/h2-5H2,1H3,(H,10,11);1-2H3. The molecule has 1 aliphatic rings. The second-order valence-electron chi connectivity index (χ2n) is 2.73. The highest BCUT2D eigenvalue weighted by atomic mass is 16.5. The van der Waals surface area contributed by atoms with Crippen LogP contribution in [0.1, 0.15) is 13.8 Å². The minimum Gasteiger partial charge on any atom is -0.465 e. The van der Waals surface area contributed by atoms with Crippen LogP contribution in [0.2, 0.25) is 0 Å². The molecule has 0 aromatic carbocycles.